The van der Waals surface area contributed by atoms with Crippen LogP contribution in [0, 0.1) is 30.4 Å². The van der Waals surface area contributed by atoms with Crippen LogP contribution in [0.25, 0.3) is 22.1 Å². The van der Waals surface area contributed by atoms with E-state index in [1.54, 1.807) is 23.4 Å². The van der Waals surface area contributed by atoms with Gasteiger partial charge in [0.25, 0.3) is 0 Å². The van der Waals surface area contributed by atoms with E-state index in [1.807, 2.05) is 18.4 Å². The first kappa shape index (κ1) is 21.8. The lowest BCUT2D eigenvalue weighted by atomic mass is 10.1. The Morgan fingerprint density at radius 3 is 2.74 bits per heavy atom. The number of halogens is 2. The van der Waals surface area contributed by atoms with Crippen molar-refractivity contribution < 1.29 is 13.6 Å². The fourth-order valence-corrected chi connectivity index (χ4v) is 4.56. The van der Waals surface area contributed by atoms with Gasteiger partial charge in [-0.3, -0.25) is 4.79 Å². The normalized spacial score (nSPS) is 15.5. The molecule has 0 radical (unpaired) electrons. The second kappa shape index (κ2) is 7.80. The van der Waals surface area contributed by atoms with Crippen LogP contribution >= 0.6 is 0 Å². The third-order valence-corrected chi connectivity index (χ3v) is 6.50. The molecule has 1 atom stereocenters. The molecule has 1 aromatic carbocycles. The minimum atomic E-state index is -0.816. The zero-order valence-electron chi connectivity index (χ0n) is 19.3. The summed E-state index contributed by atoms with van der Waals surface area (Å²) in [4.78, 5) is 27.0. The zero-order valence-corrected chi connectivity index (χ0v) is 19.3. The Morgan fingerprint density at radius 2 is 2.00 bits per heavy atom. The second-order valence-corrected chi connectivity index (χ2v) is 8.50. The van der Waals surface area contributed by atoms with Crippen molar-refractivity contribution in [2.45, 2.75) is 46.3 Å². The number of nitrogen functional groups attached to an aromatic ring is 1. The lowest BCUT2D eigenvalue weighted by molar-refractivity contribution is -0.134. The Balaban J connectivity index is 1.73. The summed E-state index contributed by atoms with van der Waals surface area (Å²) in [5.74, 6) is 4.79. The third-order valence-electron chi connectivity index (χ3n) is 6.50. The number of benzene rings is 1. The summed E-state index contributed by atoms with van der Waals surface area (Å²) in [6.07, 6.45) is 1.74. The summed E-state index contributed by atoms with van der Waals surface area (Å²) in [5.41, 5.74) is 7.97. The predicted molar refractivity (Wildman–Crippen MR) is 124 cm³/mol. The molecule has 0 unspecified atom stereocenters. The molecule has 1 amide bonds. The fraction of sp³-hybridized carbons (Fsp3) is 0.333. The molecule has 0 spiro atoms. The number of anilines is 1. The van der Waals surface area contributed by atoms with Crippen molar-refractivity contribution in [1.82, 2.24) is 29.0 Å². The van der Waals surface area contributed by atoms with Crippen molar-refractivity contribution >= 4 is 33.8 Å². The molecule has 174 valence electrons. The summed E-state index contributed by atoms with van der Waals surface area (Å²) in [5, 5.41) is 0.513. The van der Waals surface area contributed by atoms with E-state index in [1.165, 1.54) is 12.4 Å². The van der Waals surface area contributed by atoms with Gasteiger partial charge >= 0.3 is 0 Å². The van der Waals surface area contributed by atoms with Crippen LogP contribution in [0.4, 0.5) is 14.6 Å². The van der Waals surface area contributed by atoms with E-state index < -0.39 is 11.6 Å². The Kier molecular flexibility index (Phi) is 5.01. The zero-order chi connectivity index (χ0) is 24.3. The topological polar surface area (TPSA) is 94.9 Å². The molecule has 0 saturated heterocycles. The summed E-state index contributed by atoms with van der Waals surface area (Å²) < 4.78 is 33.7. The molecule has 4 aromatic rings. The van der Waals surface area contributed by atoms with Crippen molar-refractivity contribution in [3.63, 3.8) is 0 Å². The summed E-state index contributed by atoms with van der Waals surface area (Å²) >= 11 is 0. The Labute approximate surface area is 194 Å². The van der Waals surface area contributed by atoms with Gasteiger partial charge in [-0.1, -0.05) is 18.8 Å². The number of amides is 1. The SMILES string of the molecule is CCC(=O)N1Cc2c(C#Cc3c(F)cc4c(nc(C)n4C)c3F)c3c(N)ncnc3n2C[C@H]1C. The van der Waals surface area contributed by atoms with Crippen molar-refractivity contribution in [2.75, 3.05) is 5.73 Å². The Morgan fingerprint density at radius 1 is 1.26 bits per heavy atom. The van der Waals surface area contributed by atoms with Gasteiger partial charge in [0.2, 0.25) is 5.91 Å². The number of nitrogens with zero attached hydrogens (tertiary/aromatic N) is 6. The van der Waals surface area contributed by atoms with E-state index in [4.69, 9.17) is 5.73 Å². The third kappa shape index (κ3) is 3.11. The summed E-state index contributed by atoms with van der Waals surface area (Å²) in [6, 6.07) is 1.17. The molecule has 34 heavy (non-hydrogen) atoms. The van der Waals surface area contributed by atoms with Gasteiger partial charge in [-0.15, -0.1) is 0 Å². The quantitative estimate of drug-likeness (QED) is 0.438. The highest BCUT2D eigenvalue weighted by Gasteiger charge is 2.31. The summed E-state index contributed by atoms with van der Waals surface area (Å²) in [7, 11) is 1.70. The van der Waals surface area contributed by atoms with E-state index in [0.717, 1.165) is 0 Å². The maximum atomic E-state index is 15.2. The van der Waals surface area contributed by atoms with Crippen molar-refractivity contribution in [1.29, 1.82) is 0 Å². The largest absolute Gasteiger partial charge is 0.383 e. The highest BCUT2D eigenvalue weighted by Crippen LogP contribution is 2.33. The number of carbonyl (C=O) groups excluding carboxylic acids is 1. The molecule has 8 nitrogen and oxygen atoms in total. The minimum Gasteiger partial charge on any atom is -0.383 e. The molecule has 0 aliphatic carbocycles. The van der Waals surface area contributed by atoms with Crippen molar-refractivity contribution in [3.05, 3.63) is 46.7 Å². The second-order valence-electron chi connectivity index (χ2n) is 8.50. The van der Waals surface area contributed by atoms with Gasteiger partial charge in [-0.05, 0) is 13.8 Å². The van der Waals surface area contributed by atoms with Gasteiger partial charge in [-0.2, -0.15) is 0 Å². The van der Waals surface area contributed by atoms with E-state index in [-0.39, 0.29) is 35.4 Å². The molecular formula is C24H23F2N7O. The smallest absolute Gasteiger partial charge is 0.222 e. The van der Waals surface area contributed by atoms with Crippen LogP contribution < -0.4 is 5.73 Å². The van der Waals surface area contributed by atoms with Crippen LogP contribution in [0.15, 0.2) is 12.4 Å². The molecular weight excluding hydrogens is 440 g/mol. The average Bonchev–Trinajstić information content (AvgIpc) is 3.27. The van der Waals surface area contributed by atoms with E-state index in [2.05, 4.69) is 26.8 Å². The van der Waals surface area contributed by atoms with Gasteiger partial charge in [0.05, 0.1) is 34.3 Å². The lowest BCUT2D eigenvalue weighted by Crippen LogP contribution is -2.44. The number of aromatic nitrogens is 5. The molecule has 4 heterocycles. The predicted octanol–water partition coefficient (Wildman–Crippen LogP) is 3.03. The van der Waals surface area contributed by atoms with E-state index in [9.17, 15) is 9.18 Å². The number of imidazole rings is 1. The number of carbonyl (C=O) groups is 1. The Hall–Kier alpha value is -4.00. The van der Waals surface area contributed by atoms with Gasteiger partial charge in [0.1, 0.15) is 35.0 Å². The molecule has 0 fully saturated rings. The molecule has 5 rings (SSSR count). The number of rotatable bonds is 1. The molecule has 10 heteroatoms. The van der Waals surface area contributed by atoms with Crippen LogP contribution in [0.5, 0.6) is 0 Å². The number of nitrogens with two attached hydrogens (primary N) is 1. The van der Waals surface area contributed by atoms with Crippen molar-refractivity contribution in [3.8, 4) is 11.8 Å². The lowest BCUT2D eigenvalue weighted by Gasteiger charge is -2.35. The monoisotopic (exact) mass is 463 g/mol. The molecule has 2 N–H and O–H groups in total. The number of hydrogen-bond donors (Lipinski definition) is 1. The standard InChI is InChI=1S/C24H23F2N7O/c1-5-19(34)32-10-18-15(20-23(27)28-11-29-24(20)33(18)9-12(32)2)7-6-14-16(25)8-17-22(21(14)26)30-13(3)31(17)4/h8,11-12H,5,9-10H2,1-4H3,(H2,27,28,29)/t12-/m1/s1. The maximum Gasteiger partial charge on any atom is 0.222 e. The van der Waals surface area contributed by atoms with E-state index >= 15 is 4.39 Å². The molecule has 0 saturated carbocycles. The van der Waals surface area contributed by atoms with Gasteiger partial charge < -0.3 is 19.8 Å². The minimum absolute atomic E-state index is 0.00929. The molecule has 3 aromatic heterocycles. The van der Waals surface area contributed by atoms with E-state index in [0.29, 0.717) is 46.6 Å². The molecule has 0 bridgehead atoms. The van der Waals surface area contributed by atoms with Crippen LogP contribution in [0.3, 0.4) is 0 Å². The fourth-order valence-electron chi connectivity index (χ4n) is 4.56. The number of hydrogen-bond acceptors (Lipinski definition) is 5. The average molecular weight is 463 g/mol. The number of aryl methyl sites for hydroxylation is 2. The van der Waals surface area contributed by atoms with Crippen molar-refractivity contribution in [2.24, 2.45) is 7.05 Å². The Bertz CT molecular complexity index is 1560. The highest BCUT2D eigenvalue weighted by atomic mass is 19.1. The van der Waals surface area contributed by atoms with Gasteiger partial charge in [0, 0.05) is 32.1 Å². The highest BCUT2D eigenvalue weighted by molar-refractivity contribution is 5.94. The van der Waals surface area contributed by atoms with Crippen LogP contribution in [0.1, 0.15) is 42.9 Å². The van der Waals surface area contributed by atoms with Gasteiger partial charge in [0.15, 0.2) is 5.82 Å². The summed E-state index contributed by atoms with van der Waals surface area (Å²) in [6.45, 7) is 6.28. The first-order valence-corrected chi connectivity index (χ1v) is 11.0. The number of fused-ring (bicyclic) bond motifs is 4. The first-order chi connectivity index (χ1) is 16.2. The van der Waals surface area contributed by atoms with Gasteiger partial charge in [-0.25, -0.2) is 23.7 Å². The van der Waals surface area contributed by atoms with Crippen LogP contribution in [-0.2, 0) is 24.9 Å². The van der Waals surface area contributed by atoms with Crippen LogP contribution in [0.2, 0.25) is 0 Å². The maximum absolute atomic E-state index is 15.2. The van der Waals surface area contributed by atoms with Crippen LogP contribution in [-0.4, -0.2) is 40.9 Å². The molecule has 1 aliphatic rings. The first-order valence-electron chi connectivity index (χ1n) is 11.0. The molecule has 1 aliphatic heterocycles.